The van der Waals surface area contributed by atoms with Crippen LogP contribution in [0.15, 0.2) is 24.3 Å². The number of benzene rings is 1. The largest absolute Gasteiger partial charge is 0.336 e. The Morgan fingerprint density at radius 1 is 1.08 bits per heavy atom. The van der Waals surface area contributed by atoms with Crippen molar-refractivity contribution in [1.82, 2.24) is 19.6 Å². The molecule has 5 heteroatoms. The molecule has 0 spiro atoms. The number of carbonyl (C=O) groups excluding carboxylic acids is 1. The van der Waals surface area contributed by atoms with Crippen LogP contribution in [0.1, 0.15) is 32.9 Å². The molecule has 0 N–H and O–H groups in total. The predicted molar refractivity (Wildman–Crippen MR) is 95.0 cm³/mol. The first kappa shape index (κ1) is 16.7. The van der Waals surface area contributed by atoms with Gasteiger partial charge in [-0.15, -0.1) is 0 Å². The third-order valence-corrected chi connectivity index (χ3v) is 5.04. The van der Waals surface area contributed by atoms with Crippen LogP contribution in [-0.2, 0) is 13.6 Å². The molecule has 128 valence electrons. The molecule has 2 heterocycles. The van der Waals surface area contributed by atoms with Crippen LogP contribution in [0.5, 0.6) is 0 Å². The summed E-state index contributed by atoms with van der Waals surface area (Å²) in [7, 11) is 1.89. The van der Waals surface area contributed by atoms with E-state index in [0.717, 1.165) is 49.7 Å². The molecule has 1 aromatic heterocycles. The highest BCUT2D eigenvalue weighted by Crippen LogP contribution is 2.17. The molecule has 1 saturated heterocycles. The van der Waals surface area contributed by atoms with E-state index in [1.165, 1.54) is 11.1 Å². The molecule has 1 amide bonds. The van der Waals surface area contributed by atoms with E-state index in [-0.39, 0.29) is 5.91 Å². The number of aromatic nitrogens is 2. The van der Waals surface area contributed by atoms with Crippen LogP contribution in [0.2, 0.25) is 0 Å². The second-order valence-electron chi connectivity index (χ2n) is 6.66. The zero-order chi connectivity index (χ0) is 17.3. The number of nitrogens with zero attached hydrogens (tertiary/aromatic N) is 4. The Morgan fingerprint density at radius 2 is 1.75 bits per heavy atom. The summed E-state index contributed by atoms with van der Waals surface area (Å²) in [5.41, 5.74) is 5.24. The minimum absolute atomic E-state index is 0.119. The van der Waals surface area contributed by atoms with Gasteiger partial charge in [0.15, 0.2) is 0 Å². The number of rotatable bonds is 3. The molecular formula is C19H26N4O. The molecule has 1 fully saturated rings. The van der Waals surface area contributed by atoms with Crippen LogP contribution in [-0.4, -0.2) is 51.7 Å². The lowest BCUT2D eigenvalue weighted by atomic mass is 10.1. The zero-order valence-corrected chi connectivity index (χ0v) is 15.0. The quantitative estimate of drug-likeness (QED) is 0.869. The first-order valence-electron chi connectivity index (χ1n) is 8.53. The number of carbonyl (C=O) groups is 1. The van der Waals surface area contributed by atoms with Crippen LogP contribution in [0.3, 0.4) is 0 Å². The van der Waals surface area contributed by atoms with Crippen LogP contribution in [0.25, 0.3) is 0 Å². The average Bonchev–Trinajstić information content (AvgIpc) is 2.82. The molecule has 0 bridgehead atoms. The fourth-order valence-corrected chi connectivity index (χ4v) is 3.38. The summed E-state index contributed by atoms with van der Waals surface area (Å²) < 4.78 is 1.79. The van der Waals surface area contributed by atoms with E-state index in [1.54, 1.807) is 4.68 Å². The monoisotopic (exact) mass is 326 g/mol. The van der Waals surface area contributed by atoms with E-state index in [9.17, 15) is 4.79 Å². The van der Waals surface area contributed by atoms with Crippen LogP contribution >= 0.6 is 0 Å². The topological polar surface area (TPSA) is 41.4 Å². The molecule has 1 aromatic carbocycles. The first-order chi connectivity index (χ1) is 11.5. The number of hydrogen-bond acceptors (Lipinski definition) is 3. The Morgan fingerprint density at radius 3 is 2.33 bits per heavy atom. The molecule has 0 aliphatic carbocycles. The molecular weight excluding hydrogens is 300 g/mol. The van der Waals surface area contributed by atoms with Crippen molar-refractivity contribution in [3.8, 4) is 0 Å². The highest BCUT2D eigenvalue weighted by atomic mass is 16.2. The Hall–Kier alpha value is -2.14. The minimum atomic E-state index is 0.119. The maximum absolute atomic E-state index is 12.8. The Kier molecular flexibility index (Phi) is 4.71. The fourth-order valence-electron chi connectivity index (χ4n) is 3.38. The van der Waals surface area contributed by atoms with Gasteiger partial charge in [0.1, 0.15) is 0 Å². The van der Waals surface area contributed by atoms with E-state index in [0.29, 0.717) is 0 Å². The standard InChI is InChI=1S/C19H26N4O/c1-14-7-5-6-8-17(14)13-22-9-11-23(12-10-22)19(24)18-15(2)20-21(4)16(18)3/h5-8H,9-13H2,1-4H3. The summed E-state index contributed by atoms with van der Waals surface area (Å²) in [6, 6.07) is 8.52. The first-order valence-corrected chi connectivity index (χ1v) is 8.53. The van der Waals surface area contributed by atoms with Crippen molar-refractivity contribution in [2.45, 2.75) is 27.3 Å². The number of amides is 1. The minimum Gasteiger partial charge on any atom is -0.336 e. The van der Waals surface area contributed by atoms with Crippen molar-refractivity contribution in [3.05, 3.63) is 52.3 Å². The summed E-state index contributed by atoms with van der Waals surface area (Å²) in [5, 5.41) is 4.37. The molecule has 0 radical (unpaired) electrons. The van der Waals surface area contributed by atoms with Gasteiger partial charge in [-0.3, -0.25) is 14.4 Å². The van der Waals surface area contributed by atoms with E-state index in [4.69, 9.17) is 0 Å². The summed E-state index contributed by atoms with van der Waals surface area (Å²) in [4.78, 5) is 17.2. The van der Waals surface area contributed by atoms with Gasteiger partial charge in [0, 0.05) is 45.5 Å². The van der Waals surface area contributed by atoms with Gasteiger partial charge in [0.05, 0.1) is 11.3 Å². The van der Waals surface area contributed by atoms with Crippen LogP contribution in [0.4, 0.5) is 0 Å². The van der Waals surface area contributed by atoms with Gasteiger partial charge in [0.25, 0.3) is 5.91 Å². The molecule has 0 atom stereocenters. The molecule has 3 rings (SSSR count). The second-order valence-corrected chi connectivity index (χ2v) is 6.66. The number of hydrogen-bond donors (Lipinski definition) is 0. The molecule has 0 unspecified atom stereocenters. The maximum atomic E-state index is 12.8. The highest BCUT2D eigenvalue weighted by molar-refractivity contribution is 5.96. The van der Waals surface area contributed by atoms with Crippen molar-refractivity contribution in [2.24, 2.45) is 7.05 Å². The maximum Gasteiger partial charge on any atom is 0.257 e. The summed E-state index contributed by atoms with van der Waals surface area (Å²) >= 11 is 0. The fraction of sp³-hybridized carbons (Fsp3) is 0.474. The van der Waals surface area contributed by atoms with Gasteiger partial charge >= 0.3 is 0 Å². The summed E-state index contributed by atoms with van der Waals surface area (Å²) in [5.74, 6) is 0.119. The van der Waals surface area contributed by atoms with Gasteiger partial charge in [-0.1, -0.05) is 24.3 Å². The van der Waals surface area contributed by atoms with E-state index >= 15 is 0 Å². The van der Waals surface area contributed by atoms with Crippen molar-refractivity contribution < 1.29 is 4.79 Å². The van der Waals surface area contributed by atoms with Crippen LogP contribution < -0.4 is 0 Å². The van der Waals surface area contributed by atoms with Crippen molar-refractivity contribution in [2.75, 3.05) is 26.2 Å². The van der Waals surface area contributed by atoms with Gasteiger partial charge in [-0.05, 0) is 31.9 Å². The smallest absolute Gasteiger partial charge is 0.257 e. The van der Waals surface area contributed by atoms with Gasteiger partial charge in [0.2, 0.25) is 0 Å². The zero-order valence-electron chi connectivity index (χ0n) is 15.0. The van der Waals surface area contributed by atoms with Crippen LogP contribution in [0, 0.1) is 20.8 Å². The lowest BCUT2D eigenvalue weighted by Gasteiger charge is -2.35. The summed E-state index contributed by atoms with van der Waals surface area (Å²) in [6.07, 6.45) is 0. The Labute approximate surface area is 143 Å². The van der Waals surface area contributed by atoms with Gasteiger partial charge in [-0.25, -0.2) is 0 Å². The number of aryl methyl sites for hydroxylation is 3. The van der Waals surface area contributed by atoms with E-state index in [1.807, 2.05) is 25.8 Å². The lowest BCUT2D eigenvalue weighted by Crippen LogP contribution is -2.48. The number of piperazine rings is 1. The summed E-state index contributed by atoms with van der Waals surface area (Å²) in [6.45, 7) is 10.4. The molecule has 1 aliphatic rings. The van der Waals surface area contributed by atoms with E-state index < -0.39 is 0 Å². The lowest BCUT2D eigenvalue weighted by molar-refractivity contribution is 0.0626. The second kappa shape index (κ2) is 6.77. The van der Waals surface area contributed by atoms with Gasteiger partial charge in [-0.2, -0.15) is 5.10 Å². The van der Waals surface area contributed by atoms with Crippen molar-refractivity contribution in [1.29, 1.82) is 0 Å². The molecule has 0 saturated carbocycles. The van der Waals surface area contributed by atoms with Gasteiger partial charge < -0.3 is 4.90 Å². The third kappa shape index (κ3) is 3.22. The molecule has 2 aromatic rings. The SMILES string of the molecule is Cc1ccccc1CN1CCN(C(=O)c2c(C)nn(C)c2C)CC1. The molecule has 1 aliphatic heterocycles. The molecule has 24 heavy (non-hydrogen) atoms. The average molecular weight is 326 g/mol. The molecule has 5 nitrogen and oxygen atoms in total. The predicted octanol–water partition coefficient (Wildman–Crippen LogP) is 2.30. The Balaban J connectivity index is 1.63. The highest BCUT2D eigenvalue weighted by Gasteiger charge is 2.26. The van der Waals surface area contributed by atoms with Crippen molar-refractivity contribution in [3.63, 3.8) is 0 Å². The van der Waals surface area contributed by atoms with E-state index in [2.05, 4.69) is 41.2 Å². The third-order valence-electron chi connectivity index (χ3n) is 5.04. The van der Waals surface area contributed by atoms with Crippen molar-refractivity contribution >= 4 is 5.91 Å². The Bertz CT molecular complexity index is 742. The normalized spacial score (nSPS) is 15.8.